The SMILES string of the molecule is O=C(COc1cccc2ccccc12)N1CCCN(Cc2ccccn2)CC1. The van der Waals surface area contributed by atoms with Gasteiger partial charge in [0.1, 0.15) is 5.75 Å². The number of carbonyl (C=O) groups excluding carboxylic acids is 1. The van der Waals surface area contributed by atoms with E-state index in [4.69, 9.17) is 4.74 Å². The number of amides is 1. The fourth-order valence-corrected chi connectivity index (χ4v) is 3.65. The number of nitrogens with zero attached hydrogens (tertiary/aromatic N) is 3. The Bertz CT molecular complexity index is 924. The van der Waals surface area contributed by atoms with Crippen LogP contribution in [0.3, 0.4) is 0 Å². The van der Waals surface area contributed by atoms with Gasteiger partial charge in [-0.2, -0.15) is 0 Å². The van der Waals surface area contributed by atoms with Crippen molar-refractivity contribution in [3.8, 4) is 5.75 Å². The van der Waals surface area contributed by atoms with Crippen LogP contribution < -0.4 is 4.74 Å². The first-order valence-electron chi connectivity index (χ1n) is 9.80. The van der Waals surface area contributed by atoms with Crippen molar-refractivity contribution in [3.05, 3.63) is 72.6 Å². The molecule has 5 nitrogen and oxygen atoms in total. The van der Waals surface area contributed by atoms with E-state index in [9.17, 15) is 4.79 Å². The highest BCUT2D eigenvalue weighted by Crippen LogP contribution is 2.25. The largest absolute Gasteiger partial charge is 0.483 e. The van der Waals surface area contributed by atoms with E-state index >= 15 is 0 Å². The van der Waals surface area contributed by atoms with Gasteiger partial charge in [-0.3, -0.25) is 14.7 Å². The van der Waals surface area contributed by atoms with Crippen LogP contribution in [0.5, 0.6) is 5.75 Å². The number of hydrogen-bond donors (Lipinski definition) is 0. The van der Waals surface area contributed by atoms with Crippen molar-refractivity contribution in [2.45, 2.75) is 13.0 Å². The summed E-state index contributed by atoms with van der Waals surface area (Å²) < 4.78 is 5.88. The lowest BCUT2D eigenvalue weighted by Crippen LogP contribution is -2.38. The van der Waals surface area contributed by atoms with Gasteiger partial charge in [-0.05, 0) is 30.0 Å². The van der Waals surface area contributed by atoms with E-state index in [0.29, 0.717) is 0 Å². The Balaban J connectivity index is 1.32. The summed E-state index contributed by atoms with van der Waals surface area (Å²) in [7, 11) is 0. The fraction of sp³-hybridized carbons (Fsp3) is 0.304. The molecule has 0 radical (unpaired) electrons. The van der Waals surface area contributed by atoms with Gasteiger partial charge >= 0.3 is 0 Å². The summed E-state index contributed by atoms with van der Waals surface area (Å²) in [5, 5.41) is 2.16. The summed E-state index contributed by atoms with van der Waals surface area (Å²) in [6.07, 6.45) is 2.79. The number of pyridine rings is 1. The molecule has 2 aromatic carbocycles. The standard InChI is InChI=1S/C23H25N3O2/c27-23(18-28-22-11-5-8-19-7-1-2-10-21(19)22)26-14-6-13-25(15-16-26)17-20-9-3-4-12-24-20/h1-5,7-12H,6,13-18H2. The van der Waals surface area contributed by atoms with Crippen LogP contribution >= 0.6 is 0 Å². The third kappa shape index (κ3) is 4.49. The van der Waals surface area contributed by atoms with Crippen molar-refractivity contribution in [2.24, 2.45) is 0 Å². The Morgan fingerprint density at radius 2 is 1.79 bits per heavy atom. The molecule has 0 saturated carbocycles. The average molecular weight is 375 g/mol. The lowest BCUT2D eigenvalue weighted by molar-refractivity contribution is -0.133. The van der Waals surface area contributed by atoms with Gasteiger partial charge in [-0.15, -0.1) is 0 Å². The maximum absolute atomic E-state index is 12.7. The van der Waals surface area contributed by atoms with E-state index in [2.05, 4.69) is 22.0 Å². The second kappa shape index (κ2) is 8.85. The number of rotatable bonds is 5. The first-order valence-corrected chi connectivity index (χ1v) is 9.80. The van der Waals surface area contributed by atoms with Crippen LogP contribution in [0.2, 0.25) is 0 Å². The van der Waals surface area contributed by atoms with Crippen LogP contribution in [0.15, 0.2) is 66.9 Å². The number of fused-ring (bicyclic) bond motifs is 1. The second-order valence-electron chi connectivity index (χ2n) is 7.10. The Kier molecular flexibility index (Phi) is 5.83. The molecule has 1 fully saturated rings. The average Bonchev–Trinajstić information content (AvgIpc) is 2.98. The van der Waals surface area contributed by atoms with E-state index < -0.39 is 0 Å². The molecule has 0 unspecified atom stereocenters. The van der Waals surface area contributed by atoms with Gasteiger partial charge in [0.05, 0.1) is 5.69 Å². The van der Waals surface area contributed by atoms with Crippen LogP contribution in [0.4, 0.5) is 0 Å². The van der Waals surface area contributed by atoms with Crippen molar-refractivity contribution in [2.75, 3.05) is 32.8 Å². The number of benzene rings is 2. The van der Waals surface area contributed by atoms with Gasteiger partial charge in [0.2, 0.25) is 0 Å². The van der Waals surface area contributed by atoms with E-state index in [1.807, 2.05) is 59.6 Å². The molecule has 1 aliphatic heterocycles. The molecule has 0 atom stereocenters. The van der Waals surface area contributed by atoms with E-state index in [1.165, 1.54) is 0 Å². The summed E-state index contributed by atoms with van der Waals surface area (Å²) in [5.74, 6) is 0.811. The van der Waals surface area contributed by atoms with Gasteiger partial charge in [0.15, 0.2) is 6.61 Å². The fourth-order valence-electron chi connectivity index (χ4n) is 3.65. The molecule has 0 spiro atoms. The summed E-state index contributed by atoms with van der Waals surface area (Å²) in [6.45, 7) is 4.24. The summed E-state index contributed by atoms with van der Waals surface area (Å²) in [6, 6.07) is 20.0. The minimum Gasteiger partial charge on any atom is -0.483 e. The van der Waals surface area contributed by atoms with Gasteiger partial charge in [-0.1, -0.05) is 42.5 Å². The van der Waals surface area contributed by atoms with Gasteiger partial charge < -0.3 is 9.64 Å². The molecule has 1 aromatic heterocycles. The molecule has 28 heavy (non-hydrogen) atoms. The van der Waals surface area contributed by atoms with E-state index in [-0.39, 0.29) is 12.5 Å². The molecular weight excluding hydrogens is 350 g/mol. The van der Waals surface area contributed by atoms with E-state index in [0.717, 1.165) is 61.4 Å². The smallest absolute Gasteiger partial charge is 0.260 e. The van der Waals surface area contributed by atoms with Crippen molar-refractivity contribution in [1.29, 1.82) is 0 Å². The van der Waals surface area contributed by atoms with Gasteiger partial charge in [-0.25, -0.2) is 0 Å². The molecule has 0 bridgehead atoms. The Labute approximate surface area is 165 Å². The molecule has 3 aromatic rings. The number of aromatic nitrogens is 1. The molecule has 1 amide bonds. The Morgan fingerprint density at radius 1 is 0.929 bits per heavy atom. The topological polar surface area (TPSA) is 45.7 Å². The lowest BCUT2D eigenvalue weighted by Gasteiger charge is -2.22. The summed E-state index contributed by atoms with van der Waals surface area (Å²) >= 11 is 0. The predicted octanol–water partition coefficient (Wildman–Crippen LogP) is 3.35. The van der Waals surface area contributed by atoms with Crippen LogP contribution in [-0.4, -0.2) is 53.5 Å². The molecule has 1 saturated heterocycles. The molecule has 2 heterocycles. The van der Waals surface area contributed by atoms with E-state index in [1.54, 1.807) is 0 Å². The third-order valence-corrected chi connectivity index (χ3v) is 5.15. The monoisotopic (exact) mass is 375 g/mol. The van der Waals surface area contributed by atoms with Crippen LogP contribution in [-0.2, 0) is 11.3 Å². The second-order valence-corrected chi connectivity index (χ2v) is 7.10. The molecule has 0 N–H and O–H groups in total. The highest BCUT2D eigenvalue weighted by atomic mass is 16.5. The first-order chi connectivity index (χ1) is 13.8. The number of hydrogen-bond acceptors (Lipinski definition) is 4. The maximum Gasteiger partial charge on any atom is 0.260 e. The van der Waals surface area contributed by atoms with Crippen molar-refractivity contribution < 1.29 is 9.53 Å². The Morgan fingerprint density at radius 3 is 2.68 bits per heavy atom. The first kappa shape index (κ1) is 18.4. The van der Waals surface area contributed by atoms with Crippen molar-refractivity contribution in [3.63, 3.8) is 0 Å². The molecule has 5 heteroatoms. The number of ether oxygens (including phenoxy) is 1. The van der Waals surface area contributed by atoms with Gasteiger partial charge in [0.25, 0.3) is 5.91 Å². The maximum atomic E-state index is 12.7. The zero-order valence-corrected chi connectivity index (χ0v) is 16.0. The molecular formula is C23H25N3O2. The Hall–Kier alpha value is -2.92. The highest BCUT2D eigenvalue weighted by molar-refractivity contribution is 5.88. The highest BCUT2D eigenvalue weighted by Gasteiger charge is 2.20. The molecule has 144 valence electrons. The molecule has 1 aliphatic rings. The molecule has 0 aliphatic carbocycles. The van der Waals surface area contributed by atoms with Crippen LogP contribution in [0, 0.1) is 0 Å². The van der Waals surface area contributed by atoms with Crippen molar-refractivity contribution >= 4 is 16.7 Å². The minimum atomic E-state index is 0.0487. The summed E-state index contributed by atoms with van der Waals surface area (Å²) in [4.78, 5) is 21.4. The van der Waals surface area contributed by atoms with Crippen LogP contribution in [0.25, 0.3) is 10.8 Å². The number of carbonyl (C=O) groups is 1. The predicted molar refractivity (Wildman–Crippen MR) is 110 cm³/mol. The zero-order valence-electron chi connectivity index (χ0n) is 16.0. The zero-order chi connectivity index (χ0) is 19.2. The van der Waals surface area contributed by atoms with Gasteiger partial charge in [0, 0.05) is 44.3 Å². The third-order valence-electron chi connectivity index (χ3n) is 5.15. The van der Waals surface area contributed by atoms with Crippen molar-refractivity contribution in [1.82, 2.24) is 14.8 Å². The quantitative estimate of drug-likeness (QED) is 0.686. The lowest BCUT2D eigenvalue weighted by atomic mass is 10.1. The van der Waals surface area contributed by atoms with Crippen LogP contribution in [0.1, 0.15) is 12.1 Å². The molecule has 4 rings (SSSR count). The normalized spacial score (nSPS) is 15.4. The minimum absolute atomic E-state index is 0.0487. The summed E-state index contributed by atoms with van der Waals surface area (Å²) in [5.41, 5.74) is 1.07.